The summed E-state index contributed by atoms with van der Waals surface area (Å²) in [7, 11) is 0. The van der Waals surface area contributed by atoms with Gasteiger partial charge in [-0.25, -0.2) is 9.78 Å². The third-order valence-electron chi connectivity index (χ3n) is 3.52. The molecule has 0 aliphatic carbocycles. The highest BCUT2D eigenvalue weighted by Gasteiger charge is 2.15. The standard InChI is InChI=1S/C19H12Cl2N2O3S/c20-14-4-2-1-3-13(14)16-7-6-12(27-16)9-15(19(25)26)23-18(24)11-5-8-17(21)22-10-11/h1-10H,(H,23,24)(H,25,26)/b15-9+. The van der Waals surface area contributed by atoms with Gasteiger partial charge in [-0.1, -0.05) is 41.4 Å². The number of nitrogens with one attached hydrogen (secondary N) is 1. The number of rotatable bonds is 5. The first-order chi connectivity index (χ1) is 12.9. The first-order valence-electron chi connectivity index (χ1n) is 7.66. The minimum absolute atomic E-state index is 0.203. The number of pyridine rings is 1. The molecule has 2 aromatic heterocycles. The van der Waals surface area contributed by atoms with Crippen LogP contribution in [-0.4, -0.2) is 22.0 Å². The van der Waals surface area contributed by atoms with E-state index in [-0.39, 0.29) is 16.4 Å². The number of aromatic nitrogens is 1. The van der Waals surface area contributed by atoms with Crippen molar-refractivity contribution >= 4 is 52.5 Å². The Morgan fingerprint density at radius 1 is 1.07 bits per heavy atom. The molecule has 2 N–H and O–H groups in total. The van der Waals surface area contributed by atoms with Crippen molar-refractivity contribution in [3.63, 3.8) is 0 Å². The third kappa shape index (κ3) is 4.74. The number of aliphatic carboxylic acids is 1. The molecule has 1 aromatic carbocycles. The lowest BCUT2D eigenvalue weighted by Crippen LogP contribution is -2.27. The number of carboxylic acids is 1. The van der Waals surface area contributed by atoms with Crippen LogP contribution < -0.4 is 5.32 Å². The topological polar surface area (TPSA) is 79.3 Å². The molecule has 0 bridgehead atoms. The molecule has 0 unspecified atom stereocenters. The van der Waals surface area contributed by atoms with E-state index in [2.05, 4.69) is 10.3 Å². The molecule has 0 spiro atoms. The summed E-state index contributed by atoms with van der Waals surface area (Å²) < 4.78 is 0. The first kappa shape index (κ1) is 19.1. The van der Waals surface area contributed by atoms with Crippen LogP contribution >= 0.6 is 34.5 Å². The van der Waals surface area contributed by atoms with Crippen LogP contribution in [0.25, 0.3) is 16.5 Å². The molecule has 2 heterocycles. The van der Waals surface area contributed by atoms with Gasteiger partial charge < -0.3 is 10.4 Å². The Hall–Kier alpha value is -2.67. The summed E-state index contributed by atoms with van der Waals surface area (Å²) in [5.41, 5.74) is 0.814. The summed E-state index contributed by atoms with van der Waals surface area (Å²) in [5.74, 6) is -1.84. The zero-order valence-electron chi connectivity index (χ0n) is 13.6. The van der Waals surface area contributed by atoms with Crippen LogP contribution in [0.15, 0.2) is 60.4 Å². The number of amides is 1. The summed E-state index contributed by atoms with van der Waals surface area (Å²) in [4.78, 5) is 29.1. The van der Waals surface area contributed by atoms with Gasteiger partial charge in [-0.15, -0.1) is 11.3 Å². The Bertz CT molecular complexity index is 1030. The molecule has 27 heavy (non-hydrogen) atoms. The monoisotopic (exact) mass is 418 g/mol. The van der Waals surface area contributed by atoms with Crippen molar-refractivity contribution in [2.24, 2.45) is 0 Å². The van der Waals surface area contributed by atoms with Gasteiger partial charge in [-0.2, -0.15) is 0 Å². The van der Waals surface area contributed by atoms with Crippen molar-refractivity contribution in [1.82, 2.24) is 10.3 Å². The van der Waals surface area contributed by atoms with Crippen LogP contribution in [0.2, 0.25) is 10.2 Å². The predicted octanol–water partition coefficient (Wildman–Crippen LogP) is 4.97. The molecule has 0 aliphatic heterocycles. The van der Waals surface area contributed by atoms with Gasteiger partial charge in [0.05, 0.1) is 5.56 Å². The SMILES string of the molecule is O=C(O)/C(=C\c1ccc(-c2ccccc2Cl)s1)NC(=O)c1ccc(Cl)nc1. The van der Waals surface area contributed by atoms with E-state index in [9.17, 15) is 14.7 Å². The number of benzene rings is 1. The smallest absolute Gasteiger partial charge is 0.352 e. The fraction of sp³-hybridized carbons (Fsp3) is 0. The summed E-state index contributed by atoms with van der Waals surface area (Å²) in [6, 6.07) is 13.9. The van der Waals surface area contributed by atoms with E-state index in [1.807, 2.05) is 24.3 Å². The van der Waals surface area contributed by atoms with Crippen molar-refractivity contribution in [3.05, 3.63) is 81.0 Å². The Morgan fingerprint density at radius 3 is 2.52 bits per heavy atom. The number of hydrogen-bond donors (Lipinski definition) is 2. The zero-order valence-corrected chi connectivity index (χ0v) is 16.0. The van der Waals surface area contributed by atoms with Crippen molar-refractivity contribution in [2.45, 2.75) is 0 Å². The lowest BCUT2D eigenvalue weighted by molar-refractivity contribution is -0.132. The molecule has 0 radical (unpaired) electrons. The van der Waals surface area contributed by atoms with Crippen LogP contribution in [0.1, 0.15) is 15.2 Å². The van der Waals surface area contributed by atoms with Gasteiger partial charge in [0.15, 0.2) is 0 Å². The normalized spacial score (nSPS) is 11.3. The maximum atomic E-state index is 12.2. The van der Waals surface area contributed by atoms with Crippen LogP contribution in [-0.2, 0) is 4.79 Å². The molecular weight excluding hydrogens is 407 g/mol. The maximum absolute atomic E-state index is 12.2. The van der Waals surface area contributed by atoms with Crippen molar-refractivity contribution in [3.8, 4) is 10.4 Å². The quantitative estimate of drug-likeness (QED) is 0.452. The van der Waals surface area contributed by atoms with Gasteiger partial charge in [0.2, 0.25) is 0 Å². The molecular formula is C19H12Cl2N2O3S. The second kappa shape index (κ2) is 8.35. The van der Waals surface area contributed by atoms with Crippen LogP contribution in [0.3, 0.4) is 0 Å². The zero-order chi connectivity index (χ0) is 19.4. The van der Waals surface area contributed by atoms with Crippen LogP contribution in [0, 0.1) is 0 Å². The van der Waals surface area contributed by atoms with Crippen molar-refractivity contribution in [1.29, 1.82) is 0 Å². The summed E-state index contributed by atoms with van der Waals surface area (Å²) in [6.45, 7) is 0. The highest BCUT2D eigenvalue weighted by atomic mass is 35.5. The fourth-order valence-electron chi connectivity index (χ4n) is 2.23. The second-order valence-corrected chi connectivity index (χ2v) is 7.28. The average Bonchev–Trinajstić information content (AvgIpc) is 3.10. The van der Waals surface area contributed by atoms with E-state index in [4.69, 9.17) is 23.2 Å². The summed E-state index contributed by atoms with van der Waals surface area (Å²) >= 11 is 13.2. The van der Waals surface area contributed by atoms with E-state index in [1.54, 1.807) is 12.1 Å². The second-order valence-electron chi connectivity index (χ2n) is 5.37. The molecule has 8 heteroatoms. The number of carbonyl (C=O) groups is 2. The van der Waals surface area contributed by atoms with Gasteiger partial charge >= 0.3 is 5.97 Å². The number of hydrogen-bond acceptors (Lipinski definition) is 4. The minimum Gasteiger partial charge on any atom is -0.477 e. The van der Waals surface area contributed by atoms with Crippen LogP contribution in [0.5, 0.6) is 0 Å². The van der Waals surface area contributed by atoms with Gasteiger partial charge in [0.25, 0.3) is 5.91 Å². The number of thiophene rings is 1. The Labute approximate surface area is 168 Å². The van der Waals surface area contributed by atoms with Gasteiger partial charge in [-0.05, 0) is 36.4 Å². The van der Waals surface area contributed by atoms with Crippen molar-refractivity contribution in [2.75, 3.05) is 0 Å². The molecule has 0 atom stereocenters. The molecule has 136 valence electrons. The summed E-state index contributed by atoms with van der Waals surface area (Å²) in [5, 5.41) is 12.6. The lowest BCUT2D eigenvalue weighted by Gasteiger charge is -2.05. The number of halogens is 2. The third-order valence-corrected chi connectivity index (χ3v) is 5.14. The van der Waals surface area contributed by atoms with Crippen LogP contribution in [0.4, 0.5) is 0 Å². The van der Waals surface area contributed by atoms with Gasteiger partial charge in [-0.3, -0.25) is 4.79 Å². The minimum atomic E-state index is -1.25. The van der Waals surface area contributed by atoms with Crippen molar-refractivity contribution < 1.29 is 14.7 Å². The Balaban J connectivity index is 1.84. The van der Waals surface area contributed by atoms with Gasteiger partial charge in [0, 0.05) is 26.5 Å². The van der Waals surface area contributed by atoms with Gasteiger partial charge in [0.1, 0.15) is 10.9 Å². The average molecular weight is 419 g/mol. The maximum Gasteiger partial charge on any atom is 0.352 e. The summed E-state index contributed by atoms with van der Waals surface area (Å²) in [6.07, 6.45) is 2.67. The van der Waals surface area contributed by atoms with E-state index in [0.717, 1.165) is 10.4 Å². The largest absolute Gasteiger partial charge is 0.477 e. The number of carboxylic acid groups (broad SMARTS) is 1. The van der Waals surface area contributed by atoms with E-state index >= 15 is 0 Å². The molecule has 0 fully saturated rings. The highest BCUT2D eigenvalue weighted by molar-refractivity contribution is 7.16. The predicted molar refractivity (Wildman–Crippen MR) is 107 cm³/mol. The molecule has 0 saturated heterocycles. The van der Waals surface area contributed by atoms with E-state index < -0.39 is 11.9 Å². The molecule has 3 rings (SSSR count). The van der Waals surface area contributed by atoms with E-state index in [0.29, 0.717) is 9.90 Å². The molecule has 5 nitrogen and oxygen atoms in total. The Kier molecular flexibility index (Phi) is 5.91. The highest BCUT2D eigenvalue weighted by Crippen LogP contribution is 2.33. The molecule has 0 saturated carbocycles. The molecule has 1 amide bonds. The lowest BCUT2D eigenvalue weighted by atomic mass is 10.2. The number of nitrogens with zero attached hydrogens (tertiary/aromatic N) is 1. The fourth-order valence-corrected chi connectivity index (χ4v) is 3.63. The number of carbonyl (C=O) groups excluding carboxylic acids is 1. The molecule has 0 aliphatic rings. The first-order valence-corrected chi connectivity index (χ1v) is 9.24. The van der Waals surface area contributed by atoms with E-state index in [1.165, 1.54) is 35.7 Å². The molecule has 3 aromatic rings. The Morgan fingerprint density at radius 2 is 1.85 bits per heavy atom.